The largest absolute Gasteiger partial charge is 0.497 e. The van der Waals surface area contributed by atoms with E-state index in [4.69, 9.17) is 13.9 Å². The lowest BCUT2D eigenvalue weighted by Gasteiger charge is -2.18. The highest BCUT2D eigenvalue weighted by Gasteiger charge is 2.24. The summed E-state index contributed by atoms with van der Waals surface area (Å²) in [5.74, 6) is 2.31. The van der Waals surface area contributed by atoms with Crippen LogP contribution in [0.15, 0.2) is 52.9 Å². The van der Waals surface area contributed by atoms with Gasteiger partial charge in [-0.3, -0.25) is 4.79 Å². The first-order chi connectivity index (χ1) is 14.0. The molecular weight excluding hydrogens is 372 g/mol. The number of likely N-dealkylation sites (N-methyl/N-ethyl adjacent to an activating group) is 1. The minimum absolute atomic E-state index is 0.102. The minimum atomic E-state index is -0.142. The minimum Gasteiger partial charge on any atom is -0.497 e. The Morgan fingerprint density at radius 3 is 2.21 bits per heavy atom. The number of methoxy groups -OCH3 is 2. The summed E-state index contributed by atoms with van der Waals surface area (Å²) in [6.07, 6.45) is 0. The second-order valence-electron chi connectivity index (χ2n) is 6.70. The average molecular weight is 397 g/mol. The number of rotatable bonds is 8. The van der Waals surface area contributed by atoms with Gasteiger partial charge >= 0.3 is 0 Å². The summed E-state index contributed by atoms with van der Waals surface area (Å²) in [5.41, 5.74) is 1.53. The van der Waals surface area contributed by atoms with Crippen LogP contribution in [-0.2, 0) is 4.79 Å². The maximum absolute atomic E-state index is 12.4. The number of nitrogens with zero attached hydrogens (tertiary/aromatic N) is 2. The summed E-state index contributed by atoms with van der Waals surface area (Å²) in [5, 5.41) is 11.2. The van der Waals surface area contributed by atoms with Gasteiger partial charge in [-0.15, -0.1) is 10.2 Å². The molecule has 1 aromatic heterocycles. The highest BCUT2D eigenvalue weighted by Crippen LogP contribution is 2.22. The van der Waals surface area contributed by atoms with Crippen molar-refractivity contribution in [2.75, 3.05) is 33.1 Å². The zero-order valence-electron chi connectivity index (χ0n) is 16.9. The molecule has 1 amide bonds. The maximum Gasteiger partial charge on any atom is 0.279 e. The Labute approximate surface area is 169 Å². The average Bonchev–Trinajstić information content (AvgIpc) is 3.24. The third-order valence-corrected chi connectivity index (χ3v) is 4.70. The molecule has 0 aliphatic rings. The third kappa shape index (κ3) is 5.11. The van der Waals surface area contributed by atoms with Crippen LogP contribution in [0, 0.1) is 0 Å². The third-order valence-electron chi connectivity index (χ3n) is 4.70. The molecule has 0 aliphatic carbocycles. The number of anilines is 1. The summed E-state index contributed by atoms with van der Waals surface area (Å²) >= 11 is 0. The molecular formula is C21H25N4O4+. The second kappa shape index (κ2) is 9.20. The topological polar surface area (TPSA) is 90.9 Å². The Hall–Kier alpha value is -3.39. The van der Waals surface area contributed by atoms with Crippen molar-refractivity contribution in [3.05, 3.63) is 54.4 Å². The van der Waals surface area contributed by atoms with Gasteiger partial charge in [0.05, 0.1) is 21.3 Å². The molecule has 0 radical (unpaired) electrons. The molecule has 8 heteroatoms. The van der Waals surface area contributed by atoms with Crippen molar-refractivity contribution >= 4 is 11.6 Å². The zero-order valence-corrected chi connectivity index (χ0v) is 16.9. The predicted molar refractivity (Wildman–Crippen MR) is 108 cm³/mol. The predicted octanol–water partition coefficient (Wildman–Crippen LogP) is 1.97. The van der Waals surface area contributed by atoms with Gasteiger partial charge in [-0.1, -0.05) is 0 Å². The van der Waals surface area contributed by atoms with E-state index in [0.717, 1.165) is 27.6 Å². The molecule has 3 aromatic rings. The van der Waals surface area contributed by atoms with Crippen LogP contribution in [0.5, 0.6) is 11.5 Å². The Kier molecular flexibility index (Phi) is 6.46. The fourth-order valence-corrected chi connectivity index (χ4v) is 2.76. The summed E-state index contributed by atoms with van der Waals surface area (Å²) in [6.45, 7) is 2.20. The number of aromatic nitrogens is 2. The van der Waals surface area contributed by atoms with Crippen molar-refractivity contribution in [3.8, 4) is 23.0 Å². The molecule has 1 heterocycles. The number of hydrogen-bond acceptors (Lipinski definition) is 6. The highest BCUT2D eigenvalue weighted by molar-refractivity contribution is 5.91. The number of ether oxygens (including phenoxy) is 2. The monoisotopic (exact) mass is 397 g/mol. The first kappa shape index (κ1) is 20.3. The first-order valence-corrected chi connectivity index (χ1v) is 9.24. The number of carbonyl (C=O) groups excluding carboxylic acids is 1. The van der Waals surface area contributed by atoms with Crippen LogP contribution in [-0.4, -0.2) is 43.9 Å². The van der Waals surface area contributed by atoms with Crippen molar-refractivity contribution in [3.63, 3.8) is 0 Å². The Balaban J connectivity index is 1.59. The lowest BCUT2D eigenvalue weighted by molar-refractivity contribution is -0.903. The summed E-state index contributed by atoms with van der Waals surface area (Å²) in [4.78, 5) is 13.3. The Bertz CT molecular complexity index is 938. The second-order valence-corrected chi connectivity index (χ2v) is 6.70. The molecule has 0 bridgehead atoms. The lowest BCUT2D eigenvalue weighted by Crippen LogP contribution is -3.10. The highest BCUT2D eigenvalue weighted by atomic mass is 16.5. The van der Waals surface area contributed by atoms with Crippen molar-refractivity contribution in [2.24, 2.45) is 0 Å². The molecule has 0 saturated heterocycles. The molecule has 3 rings (SSSR count). The van der Waals surface area contributed by atoms with Gasteiger partial charge in [0.1, 0.15) is 11.5 Å². The van der Waals surface area contributed by atoms with Crippen LogP contribution in [0.2, 0.25) is 0 Å². The smallest absolute Gasteiger partial charge is 0.279 e. The van der Waals surface area contributed by atoms with E-state index in [0.29, 0.717) is 11.8 Å². The normalized spacial score (nSPS) is 12.8. The van der Waals surface area contributed by atoms with E-state index in [1.54, 1.807) is 38.5 Å². The number of amides is 1. The van der Waals surface area contributed by atoms with Crippen molar-refractivity contribution in [2.45, 2.75) is 13.0 Å². The molecule has 29 heavy (non-hydrogen) atoms. The Morgan fingerprint density at radius 2 is 1.62 bits per heavy atom. The van der Waals surface area contributed by atoms with E-state index in [1.807, 2.05) is 38.2 Å². The first-order valence-electron chi connectivity index (χ1n) is 9.24. The van der Waals surface area contributed by atoms with Crippen LogP contribution in [0.3, 0.4) is 0 Å². The van der Waals surface area contributed by atoms with E-state index in [2.05, 4.69) is 15.5 Å². The van der Waals surface area contributed by atoms with Gasteiger partial charge in [0, 0.05) is 11.3 Å². The molecule has 0 fully saturated rings. The van der Waals surface area contributed by atoms with E-state index >= 15 is 0 Å². The molecule has 2 aromatic carbocycles. The molecule has 0 saturated carbocycles. The van der Waals surface area contributed by atoms with Gasteiger partial charge in [0.15, 0.2) is 12.6 Å². The van der Waals surface area contributed by atoms with Crippen LogP contribution in [0.1, 0.15) is 18.9 Å². The number of carbonyl (C=O) groups is 1. The van der Waals surface area contributed by atoms with Crippen molar-refractivity contribution in [1.82, 2.24) is 10.2 Å². The van der Waals surface area contributed by atoms with Crippen molar-refractivity contribution < 1.29 is 23.6 Å². The maximum atomic E-state index is 12.4. The molecule has 152 valence electrons. The summed E-state index contributed by atoms with van der Waals surface area (Å²) in [7, 11) is 5.13. The van der Waals surface area contributed by atoms with E-state index in [9.17, 15) is 4.79 Å². The fraction of sp³-hybridized carbons (Fsp3) is 0.286. The van der Waals surface area contributed by atoms with Gasteiger partial charge in [0.25, 0.3) is 11.8 Å². The summed E-state index contributed by atoms with van der Waals surface area (Å²) in [6, 6.07) is 14.5. The number of nitrogens with one attached hydrogen (secondary N) is 2. The van der Waals surface area contributed by atoms with Gasteiger partial charge in [-0.05, 0) is 55.5 Å². The van der Waals surface area contributed by atoms with Gasteiger partial charge in [-0.2, -0.15) is 0 Å². The zero-order chi connectivity index (χ0) is 20.8. The van der Waals surface area contributed by atoms with Crippen LogP contribution in [0.4, 0.5) is 5.69 Å². The fourth-order valence-electron chi connectivity index (χ4n) is 2.76. The van der Waals surface area contributed by atoms with E-state index < -0.39 is 0 Å². The lowest BCUT2D eigenvalue weighted by atomic mass is 10.2. The standard InChI is InChI=1S/C21H24N4O4/c1-14(20-23-24-21(29-20)15-5-9-17(27-3)10-6-15)25(2)13-19(26)22-16-7-11-18(28-4)12-8-16/h5-12,14H,13H2,1-4H3,(H,22,26)/p+1/t14-/m0/s1. The molecule has 1 unspecified atom stereocenters. The molecule has 0 spiro atoms. The molecule has 0 aliphatic heterocycles. The van der Waals surface area contributed by atoms with Crippen LogP contribution >= 0.6 is 0 Å². The SMILES string of the molecule is COc1ccc(NC(=O)C[NH+](C)[C@@H](C)c2nnc(-c3ccc(OC)cc3)o2)cc1. The number of benzene rings is 2. The van der Waals surface area contributed by atoms with E-state index in [-0.39, 0.29) is 18.5 Å². The molecule has 2 atom stereocenters. The van der Waals surface area contributed by atoms with E-state index in [1.165, 1.54) is 0 Å². The molecule has 2 N–H and O–H groups in total. The van der Waals surface area contributed by atoms with Gasteiger partial charge in [-0.25, -0.2) is 0 Å². The summed E-state index contributed by atoms with van der Waals surface area (Å²) < 4.78 is 16.1. The van der Waals surface area contributed by atoms with Crippen LogP contribution in [0.25, 0.3) is 11.5 Å². The Morgan fingerprint density at radius 1 is 1.03 bits per heavy atom. The van der Waals surface area contributed by atoms with Gasteiger partial charge in [0.2, 0.25) is 5.89 Å². The van der Waals surface area contributed by atoms with Crippen molar-refractivity contribution in [1.29, 1.82) is 0 Å². The number of quaternary nitrogens is 1. The van der Waals surface area contributed by atoms with Gasteiger partial charge < -0.3 is 24.1 Å². The quantitative estimate of drug-likeness (QED) is 0.604. The molecule has 8 nitrogen and oxygen atoms in total. The number of hydrogen-bond donors (Lipinski definition) is 2. The van der Waals surface area contributed by atoms with Crippen LogP contribution < -0.4 is 19.7 Å².